The van der Waals surface area contributed by atoms with Gasteiger partial charge in [-0.05, 0) is 54.5 Å². The Hall–Kier alpha value is -4.70. The average molecular weight is 626 g/mol. The van der Waals surface area contributed by atoms with Gasteiger partial charge in [0.25, 0.3) is 0 Å². The van der Waals surface area contributed by atoms with Crippen LogP contribution in [0.2, 0.25) is 0 Å². The van der Waals surface area contributed by atoms with Crippen LogP contribution in [0.5, 0.6) is 0 Å². The summed E-state index contributed by atoms with van der Waals surface area (Å²) < 4.78 is 0. The van der Waals surface area contributed by atoms with Gasteiger partial charge in [0.2, 0.25) is 11.8 Å². The monoisotopic (exact) mass is 625 g/mol. The second kappa shape index (κ2) is 16.0. The summed E-state index contributed by atoms with van der Waals surface area (Å²) in [6.45, 7) is 3.61. The van der Waals surface area contributed by atoms with Crippen LogP contribution in [0, 0.1) is 5.92 Å². The number of piperidine rings is 2. The number of benzene rings is 3. The van der Waals surface area contributed by atoms with Crippen LogP contribution >= 0.6 is 0 Å². The molecule has 0 aromatic heterocycles. The number of hydrogen-bond acceptors (Lipinski definition) is 5. The van der Waals surface area contributed by atoms with Crippen LogP contribution in [-0.4, -0.2) is 77.0 Å². The fourth-order valence-electron chi connectivity index (χ4n) is 6.18. The zero-order chi connectivity index (χ0) is 32.3. The summed E-state index contributed by atoms with van der Waals surface area (Å²) in [6, 6.07) is 25.5. The molecule has 3 aromatic rings. The number of carbonyl (C=O) groups excluding carboxylic acids is 3. The van der Waals surface area contributed by atoms with E-state index in [1.807, 2.05) is 48.5 Å². The summed E-state index contributed by atoms with van der Waals surface area (Å²) in [6.07, 6.45) is 3.41. The highest BCUT2D eigenvalue weighted by Crippen LogP contribution is 2.19. The Kier molecular flexibility index (Phi) is 11.4. The van der Waals surface area contributed by atoms with Crippen molar-refractivity contribution in [2.45, 2.75) is 57.2 Å². The summed E-state index contributed by atoms with van der Waals surface area (Å²) in [5, 5.41) is 18.5. The molecule has 46 heavy (non-hydrogen) atoms. The number of urea groups is 1. The van der Waals surface area contributed by atoms with Gasteiger partial charge in [-0.15, -0.1) is 0 Å². The number of hydrogen-bond donors (Lipinski definition) is 4. The number of anilines is 1. The highest BCUT2D eigenvalue weighted by Gasteiger charge is 2.31. The van der Waals surface area contributed by atoms with Crippen molar-refractivity contribution in [2.75, 3.05) is 31.5 Å². The highest BCUT2D eigenvalue weighted by atomic mass is 16.4. The summed E-state index contributed by atoms with van der Waals surface area (Å²) in [5.41, 5.74) is 3.52. The molecular weight excluding hydrogens is 582 g/mol. The number of carboxylic acid groups (broad SMARTS) is 1. The van der Waals surface area contributed by atoms with Gasteiger partial charge in [-0.1, -0.05) is 72.8 Å². The molecule has 10 nitrogen and oxygen atoms in total. The van der Waals surface area contributed by atoms with Crippen LogP contribution in [0.1, 0.15) is 42.4 Å². The lowest BCUT2D eigenvalue weighted by Gasteiger charge is -2.32. The normalized spacial score (nSPS) is 17.9. The van der Waals surface area contributed by atoms with E-state index in [2.05, 4.69) is 33.0 Å². The van der Waals surface area contributed by atoms with E-state index in [0.717, 1.165) is 38.0 Å². The Balaban J connectivity index is 1.05. The van der Waals surface area contributed by atoms with Gasteiger partial charge in [0.05, 0.1) is 12.3 Å². The third-order valence-corrected chi connectivity index (χ3v) is 8.78. The molecule has 0 spiro atoms. The van der Waals surface area contributed by atoms with Gasteiger partial charge in [-0.2, -0.15) is 0 Å². The van der Waals surface area contributed by atoms with E-state index in [-0.39, 0.29) is 43.3 Å². The molecule has 10 heteroatoms. The van der Waals surface area contributed by atoms with Crippen molar-refractivity contribution in [2.24, 2.45) is 5.92 Å². The van der Waals surface area contributed by atoms with E-state index in [1.165, 1.54) is 5.56 Å². The molecule has 2 saturated heterocycles. The van der Waals surface area contributed by atoms with E-state index in [1.54, 1.807) is 29.2 Å². The molecule has 3 aromatic carbocycles. The van der Waals surface area contributed by atoms with Crippen LogP contribution < -0.4 is 16.0 Å². The summed E-state index contributed by atoms with van der Waals surface area (Å²) in [4.78, 5) is 54.7. The van der Waals surface area contributed by atoms with Crippen molar-refractivity contribution >= 4 is 29.5 Å². The lowest BCUT2D eigenvalue weighted by molar-refractivity contribution is -0.143. The van der Waals surface area contributed by atoms with Crippen LogP contribution in [-0.2, 0) is 33.8 Å². The minimum Gasteiger partial charge on any atom is -0.480 e. The minimum absolute atomic E-state index is 0.0370. The second-order valence-corrected chi connectivity index (χ2v) is 12.3. The molecule has 0 aliphatic carbocycles. The quantitative estimate of drug-likeness (QED) is 0.254. The van der Waals surface area contributed by atoms with Crippen molar-refractivity contribution < 1.29 is 24.3 Å². The van der Waals surface area contributed by atoms with E-state index < -0.39 is 17.9 Å². The van der Waals surface area contributed by atoms with E-state index in [9.17, 15) is 24.3 Å². The zero-order valence-corrected chi connectivity index (χ0v) is 26.1. The van der Waals surface area contributed by atoms with Gasteiger partial charge in [0.15, 0.2) is 0 Å². The van der Waals surface area contributed by atoms with Crippen molar-refractivity contribution in [3.05, 3.63) is 102 Å². The third-order valence-electron chi connectivity index (χ3n) is 8.78. The average Bonchev–Trinajstić information content (AvgIpc) is 3.07. The first-order valence-corrected chi connectivity index (χ1v) is 16.1. The maximum absolute atomic E-state index is 13.1. The minimum atomic E-state index is -1.13. The van der Waals surface area contributed by atoms with Gasteiger partial charge >= 0.3 is 12.0 Å². The molecule has 0 radical (unpaired) electrons. The van der Waals surface area contributed by atoms with Gasteiger partial charge in [0, 0.05) is 50.9 Å². The Labute approximate surface area is 270 Å². The van der Waals surface area contributed by atoms with Crippen molar-refractivity contribution in [1.82, 2.24) is 20.4 Å². The summed E-state index contributed by atoms with van der Waals surface area (Å²) in [5.74, 6) is -1.98. The molecule has 1 unspecified atom stereocenters. The molecule has 0 bridgehead atoms. The van der Waals surface area contributed by atoms with Crippen LogP contribution in [0.4, 0.5) is 10.5 Å². The van der Waals surface area contributed by atoms with Gasteiger partial charge in [-0.25, -0.2) is 9.59 Å². The van der Waals surface area contributed by atoms with E-state index in [0.29, 0.717) is 30.6 Å². The summed E-state index contributed by atoms with van der Waals surface area (Å²) >= 11 is 0. The third kappa shape index (κ3) is 9.65. The van der Waals surface area contributed by atoms with Gasteiger partial charge in [-0.3, -0.25) is 14.5 Å². The van der Waals surface area contributed by atoms with Gasteiger partial charge in [0.1, 0.15) is 6.04 Å². The van der Waals surface area contributed by atoms with Crippen LogP contribution in [0.3, 0.4) is 0 Å². The maximum atomic E-state index is 13.1. The number of carbonyl (C=O) groups is 4. The topological polar surface area (TPSA) is 131 Å². The predicted octanol–water partition coefficient (Wildman–Crippen LogP) is 4.07. The molecule has 2 aliphatic rings. The smallest absolute Gasteiger partial charge is 0.326 e. The number of rotatable bonds is 11. The molecule has 2 fully saturated rings. The molecule has 2 atom stereocenters. The van der Waals surface area contributed by atoms with Crippen LogP contribution in [0.15, 0.2) is 84.9 Å². The molecule has 2 heterocycles. The van der Waals surface area contributed by atoms with Crippen LogP contribution in [0.25, 0.3) is 0 Å². The number of likely N-dealkylation sites (tertiary alicyclic amines) is 2. The number of nitrogens with zero attached hydrogens (tertiary/aromatic N) is 2. The molecule has 0 saturated carbocycles. The van der Waals surface area contributed by atoms with Crippen molar-refractivity contribution in [1.29, 1.82) is 0 Å². The highest BCUT2D eigenvalue weighted by molar-refractivity contribution is 5.89. The standard InChI is InChI=1S/C36H43N5O5/c42-33(23-26-8-3-1-4-9-26)41-19-7-12-29(25-41)34(43)39-32(35(44)45)22-27-13-15-30(16-14-27)37-36(46)38-31-17-20-40(21-18-31)24-28-10-5-2-6-11-28/h1-6,8-11,13-16,29,31-32H,7,12,17-25H2,(H,39,43)(H,44,45)(H2,37,38,46)/t29?,32-/m0/s1. The Bertz CT molecular complexity index is 1460. The number of carboxylic acids is 1. The predicted molar refractivity (Wildman–Crippen MR) is 176 cm³/mol. The number of aliphatic carboxylic acids is 1. The SMILES string of the molecule is O=C(Nc1ccc(C[C@H](NC(=O)C2CCCN(C(=O)Cc3ccccc3)C2)C(=O)O)cc1)NC1CCN(Cc2ccccc2)CC1. The van der Waals surface area contributed by atoms with E-state index >= 15 is 0 Å². The fourth-order valence-corrected chi connectivity index (χ4v) is 6.18. The lowest BCUT2D eigenvalue weighted by atomic mass is 9.95. The fraction of sp³-hybridized carbons (Fsp3) is 0.389. The molecule has 4 N–H and O–H groups in total. The molecule has 5 rings (SSSR count). The Morgan fingerprint density at radius 3 is 2.09 bits per heavy atom. The maximum Gasteiger partial charge on any atom is 0.326 e. The first kappa shape index (κ1) is 32.7. The molecule has 242 valence electrons. The first-order valence-electron chi connectivity index (χ1n) is 16.1. The van der Waals surface area contributed by atoms with Crippen molar-refractivity contribution in [3.8, 4) is 0 Å². The first-order chi connectivity index (χ1) is 22.3. The molecular formula is C36H43N5O5. The van der Waals surface area contributed by atoms with Gasteiger partial charge < -0.3 is 26.0 Å². The number of nitrogens with one attached hydrogen (secondary N) is 3. The lowest BCUT2D eigenvalue weighted by Crippen LogP contribution is -2.50. The van der Waals surface area contributed by atoms with Crippen molar-refractivity contribution in [3.63, 3.8) is 0 Å². The number of amides is 4. The zero-order valence-electron chi connectivity index (χ0n) is 26.1. The Morgan fingerprint density at radius 1 is 0.783 bits per heavy atom. The molecule has 4 amide bonds. The summed E-state index contributed by atoms with van der Waals surface area (Å²) in [7, 11) is 0. The van der Waals surface area contributed by atoms with E-state index in [4.69, 9.17) is 0 Å². The largest absolute Gasteiger partial charge is 0.480 e. The molecule has 2 aliphatic heterocycles. The second-order valence-electron chi connectivity index (χ2n) is 12.3. The Morgan fingerprint density at radius 2 is 1.43 bits per heavy atom.